The third-order valence-electron chi connectivity index (χ3n) is 5.13. The van der Waals surface area contributed by atoms with E-state index in [4.69, 9.17) is 0 Å². The zero-order valence-electron chi connectivity index (χ0n) is 16.2. The number of ketones is 1. The summed E-state index contributed by atoms with van der Waals surface area (Å²) in [5.41, 5.74) is -0.513. The van der Waals surface area contributed by atoms with Crippen molar-refractivity contribution in [2.24, 2.45) is 5.92 Å². The van der Waals surface area contributed by atoms with Crippen LogP contribution in [0.1, 0.15) is 39.1 Å². The first-order chi connectivity index (χ1) is 14.8. The van der Waals surface area contributed by atoms with Gasteiger partial charge in [-0.15, -0.1) is 5.10 Å². The van der Waals surface area contributed by atoms with Gasteiger partial charge in [-0.05, 0) is 47.5 Å². The highest BCUT2D eigenvalue weighted by molar-refractivity contribution is 5.99. The van der Waals surface area contributed by atoms with Crippen LogP contribution in [0.2, 0.25) is 0 Å². The van der Waals surface area contributed by atoms with Gasteiger partial charge in [0.2, 0.25) is 0 Å². The van der Waals surface area contributed by atoms with Crippen LogP contribution < -0.4 is 0 Å². The molecule has 160 valence electrons. The molecule has 1 atom stereocenters. The lowest BCUT2D eigenvalue weighted by atomic mass is 9.89. The van der Waals surface area contributed by atoms with Gasteiger partial charge in [-0.2, -0.15) is 17.9 Å². The van der Waals surface area contributed by atoms with Crippen molar-refractivity contribution >= 4 is 11.7 Å². The summed E-state index contributed by atoms with van der Waals surface area (Å²) in [7, 11) is 0. The molecule has 1 fully saturated rings. The average molecular weight is 430 g/mol. The molecule has 1 saturated heterocycles. The molecule has 1 amide bonds. The van der Waals surface area contributed by atoms with Gasteiger partial charge < -0.3 is 4.90 Å². The van der Waals surface area contributed by atoms with E-state index in [1.165, 1.54) is 35.4 Å². The summed E-state index contributed by atoms with van der Waals surface area (Å²) in [4.78, 5) is 31.5. The van der Waals surface area contributed by atoms with Crippen LogP contribution in [-0.2, 0) is 6.18 Å². The topological polar surface area (TPSA) is 93.9 Å². The number of piperidine rings is 1. The second kappa shape index (κ2) is 8.25. The fourth-order valence-corrected chi connectivity index (χ4v) is 3.59. The summed E-state index contributed by atoms with van der Waals surface area (Å²) in [6, 6.07) is 7.48. The van der Waals surface area contributed by atoms with Crippen LogP contribution in [0.15, 0.2) is 48.9 Å². The van der Waals surface area contributed by atoms with E-state index in [-0.39, 0.29) is 18.0 Å². The van der Waals surface area contributed by atoms with Gasteiger partial charge in [0.25, 0.3) is 5.91 Å². The van der Waals surface area contributed by atoms with Gasteiger partial charge in [0, 0.05) is 36.3 Å². The number of aromatic nitrogens is 5. The molecule has 31 heavy (non-hydrogen) atoms. The van der Waals surface area contributed by atoms with Gasteiger partial charge in [0.05, 0.1) is 5.56 Å². The van der Waals surface area contributed by atoms with Crippen LogP contribution in [0.5, 0.6) is 0 Å². The van der Waals surface area contributed by atoms with Crippen molar-refractivity contribution in [3.8, 4) is 5.82 Å². The average Bonchev–Trinajstić information content (AvgIpc) is 3.33. The van der Waals surface area contributed by atoms with E-state index in [1.807, 2.05) is 0 Å². The molecule has 1 unspecified atom stereocenters. The molecule has 8 nitrogen and oxygen atoms in total. The van der Waals surface area contributed by atoms with Gasteiger partial charge >= 0.3 is 6.18 Å². The third-order valence-corrected chi connectivity index (χ3v) is 5.13. The van der Waals surface area contributed by atoms with Crippen LogP contribution in [-0.4, -0.2) is 54.9 Å². The Labute approximate surface area is 174 Å². The molecule has 1 aromatic carbocycles. The lowest BCUT2D eigenvalue weighted by molar-refractivity contribution is -0.137. The molecule has 1 aliphatic heterocycles. The zero-order chi connectivity index (χ0) is 22.0. The normalized spacial score (nSPS) is 16.9. The number of benzene rings is 1. The predicted octanol–water partition coefficient (Wildman–Crippen LogP) is 2.81. The van der Waals surface area contributed by atoms with Gasteiger partial charge in [-0.3, -0.25) is 9.59 Å². The van der Waals surface area contributed by atoms with Crippen molar-refractivity contribution in [1.82, 2.24) is 30.1 Å². The summed E-state index contributed by atoms with van der Waals surface area (Å²) in [5, 5.41) is 10.8. The summed E-state index contributed by atoms with van der Waals surface area (Å²) in [6.07, 6.45) is -0.638. The van der Waals surface area contributed by atoms with Crippen molar-refractivity contribution in [1.29, 1.82) is 0 Å². The number of halogens is 3. The number of Topliss-reactive ketones (excluding diaryl/α,β-unsaturated/α-hetero) is 1. The fourth-order valence-electron chi connectivity index (χ4n) is 3.59. The van der Waals surface area contributed by atoms with Gasteiger partial charge in [0.15, 0.2) is 11.6 Å². The minimum Gasteiger partial charge on any atom is -0.338 e. The van der Waals surface area contributed by atoms with Crippen molar-refractivity contribution in [2.45, 2.75) is 19.0 Å². The molecule has 1 aliphatic rings. The maximum absolute atomic E-state index is 13.0. The van der Waals surface area contributed by atoms with E-state index in [9.17, 15) is 22.8 Å². The van der Waals surface area contributed by atoms with Crippen LogP contribution in [0.25, 0.3) is 5.82 Å². The molecule has 0 N–H and O–H groups in total. The molecule has 0 saturated carbocycles. The van der Waals surface area contributed by atoms with Crippen molar-refractivity contribution < 1.29 is 22.8 Å². The van der Waals surface area contributed by atoms with E-state index in [0.717, 1.165) is 12.1 Å². The molecular weight excluding hydrogens is 413 g/mol. The summed E-state index contributed by atoms with van der Waals surface area (Å²) >= 11 is 0. The maximum Gasteiger partial charge on any atom is 0.416 e. The number of alkyl halides is 3. The number of hydrogen-bond acceptors (Lipinski definition) is 6. The van der Waals surface area contributed by atoms with Crippen LogP contribution in [0.3, 0.4) is 0 Å². The molecule has 0 bridgehead atoms. The minimum atomic E-state index is -4.52. The Morgan fingerprint density at radius 3 is 2.68 bits per heavy atom. The predicted molar refractivity (Wildman–Crippen MR) is 101 cm³/mol. The smallest absolute Gasteiger partial charge is 0.338 e. The Kier molecular flexibility index (Phi) is 5.49. The summed E-state index contributed by atoms with van der Waals surface area (Å²) in [6.45, 7) is 0.587. The Bertz CT molecular complexity index is 1100. The number of likely N-dealkylation sites (tertiary alicyclic amines) is 1. The number of nitrogens with zero attached hydrogens (tertiary/aromatic N) is 6. The lowest BCUT2D eigenvalue weighted by Crippen LogP contribution is -2.42. The maximum atomic E-state index is 13.0. The first-order valence-electron chi connectivity index (χ1n) is 9.53. The standard InChI is InChI=1S/C20H17F3N6O2/c21-20(22,23)16-5-1-3-13(9-16)18(30)15-4-2-8-28(11-15)19(31)14-6-7-24-17(10-14)29-12-25-26-27-29/h1,3,5-7,9-10,12,15H,2,4,8,11H2. The summed E-state index contributed by atoms with van der Waals surface area (Å²) < 4.78 is 40.3. The molecule has 11 heteroatoms. The molecule has 2 aromatic heterocycles. The van der Waals surface area contributed by atoms with E-state index in [1.54, 1.807) is 11.0 Å². The van der Waals surface area contributed by atoms with Crippen molar-refractivity contribution in [3.63, 3.8) is 0 Å². The summed E-state index contributed by atoms with van der Waals surface area (Å²) in [5.74, 6) is -0.891. The van der Waals surface area contributed by atoms with Gasteiger partial charge in [-0.25, -0.2) is 4.98 Å². The number of rotatable bonds is 4. The molecule has 0 aliphatic carbocycles. The van der Waals surface area contributed by atoms with E-state index < -0.39 is 23.4 Å². The SMILES string of the molecule is O=C(c1cccc(C(F)(F)F)c1)C1CCCN(C(=O)c2ccnc(-n3cnnn3)c2)C1. The molecule has 3 heterocycles. The highest BCUT2D eigenvalue weighted by Gasteiger charge is 2.33. The number of carbonyl (C=O) groups excluding carboxylic acids is 2. The quantitative estimate of drug-likeness (QED) is 0.591. The fraction of sp³-hybridized carbons (Fsp3) is 0.300. The van der Waals surface area contributed by atoms with E-state index in [0.29, 0.717) is 30.8 Å². The molecular formula is C20H17F3N6O2. The number of pyridine rings is 1. The Balaban J connectivity index is 1.51. The molecule has 0 radical (unpaired) electrons. The van der Waals surface area contributed by atoms with Crippen LogP contribution >= 0.6 is 0 Å². The number of carbonyl (C=O) groups is 2. The van der Waals surface area contributed by atoms with Gasteiger partial charge in [0.1, 0.15) is 6.33 Å². The highest BCUT2D eigenvalue weighted by Crippen LogP contribution is 2.31. The van der Waals surface area contributed by atoms with Crippen molar-refractivity contribution in [2.75, 3.05) is 13.1 Å². The van der Waals surface area contributed by atoms with Gasteiger partial charge in [-0.1, -0.05) is 12.1 Å². The second-order valence-electron chi connectivity index (χ2n) is 7.19. The van der Waals surface area contributed by atoms with E-state index >= 15 is 0 Å². The van der Waals surface area contributed by atoms with Crippen molar-refractivity contribution in [3.05, 3.63) is 65.6 Å². The Morgan fingerprint density at radius 2 is 1.94 bits per heavy atom. The number of hydrogen-bond donors (Lipinski definition) is 0. The van der Waals surface area contributed by atoms with Crippen LogP contribution in [0.4, 0.5) is 13.2 Å². The zero-order valence-corrected chi connectivity index (χ0v) is 16.2. The molecule has 4 rings (SSSR count). The molecule has 3 aromatic rings. The Hall–Kier alpha value is -3.63. The second-order valence-corrected chi connectivity index (χ2v) is 7.19. The number of tetrazole rings is 1. The Morgan fingerprint density at radius 1 is 1.10 bits per heavy atom. The minimum absolute atomic E-state index is 0.000923. The largest absolute Gasteiger partial charge is 0.416 e. The first-order valence-corrected chi connectivity index (χ1v) is 9.53. The highest BCUT2D eigenvalue weighted by atomic mass is 19.4. The monoisotopic (exact) mass is 430 g/mol. The first kappa shape index (κ1) is 20.6. The molecule has 0 spiro atoms. The van der Waals surface area contributed by atoms with Crippen LogP contribution in [0, 0.1) is 5.92 Å². The third kappa shape index (κ3) is 4.44. The van der Waals surface area contributed by atoms with E-state index in [2.05, 4.69) is 20.5 Å². The number of amides is 1. The lowest BCUT2D eigenvalue weighted by Gasteiger charge is -2.32.